The van der Waals surface area contributed by atoms with Crippen molar-refractivity contribution in [2.45, 2.75) is 24.2 Å². The normalized spacial score (nSPS) is 14.6. The average molecular weight is 449 g/mol. The minimum atomic E-state index is -3.68. The number of nitrogens with zero attached hydrogens (tertiary/aromatic N) is 2. The Hall–Kier alpha value is -3.18. The third-order valence-corrected chi connectivity index (χ3v) is 6.69. The molecule has 31 heavy (non-hydrogen) atoms. The van der Waals surface area contributed by atoms with Crippen molar-refractivity contribution in [2.24, 2.45) is 0 Å². The summed E-state index contributed by atoms with van der Waals surface area (Å²) in [6.45, 7) is 0.508. The Morgan fingerprint density at radius 1 is 1.16 bits per heavy atom. The predicted molar refractivity (Wildman–Crippen MR) is 113 cm³/mol. The number of hydrogen-bond acceptors (Lipinski definition) is 7. The van der Waals surface area contributed by atoms with Gasteiger partial charge in [-0.2, -0.15) is 4.31 Å². The van der Waals surface area contributed by atoms with Crippen LogP contribution in [0.25, 0.3) is 0 Å². The van der Waals surface area contributed by atoms with Gasteiger partial charge in [0.2, 0.25) is 10.0 Å². The molecule has 0 atom stereocenters. The van der Waals surface area contributed by atoms with Crippen LogP contribution in [0.1, 0.15) is 19.3 Å². The van der Waals surface area contributed by atoms with Crippen molar-refractivity contribution in [3.05, 3.63) is 52.6 Å². The van der Waals surface area contributed by atoms with Gasteiger partial charge in [-0.25, -0.2) is 8.42 Å². The Kier molecular flexibility index (Phi) is 7.08. The summed E-state index contributed by atoms with van der Waals surface area (Å²) in [5.41, 5.74) is 0.0309. The van der Waals surface area contributed by atoms with E-state index in [9.17, 15) is 23.3 Å². The van der Waals surface area contributed by atoms with E-state index in [2.05, 4.69) is 5.32 Å². The Labute approximate surface area is 180 Å². The molecule has 1 saturated heterocycles. The van der Waals surface area contributed by atoms with E-state index < -0.39 is 27.5 Å². The number of amides is 1. The largest absolute Gasteiger partial charge is 0.495 e. The molecular formula is C20H23N3O7S. The van der Waals surface area contributed by atoms with Crippen LogP contribution >= 0.6 is 0 Å². The van der Waals surface area contributed by atoms with Crippen LogP contribution in [0.3, 0.4) is 0 Å². The molecule has 1 aliphatic rings. The number of carbonyl (C=O) groups excluding carboxylic acids is 1. The highest BCUT2D eigenvalue weighted by molar-refractivity contribution is 7.89. The number of non-ortho nitro benzene ring substituents is 1. The summed E-state index contributed by atoms with van der Waals surface area (Å²) in [6.07, 6.45) is 2.63. The molecule has 2 aromatic carbocycles. The van der Waals surface area contributed by atoms with Gasteiger partial charge in [-0.15, -0.1) is 0 Å². The lowest BCUT2D eigenvalue weighted by Gasteiger charge is -2.26. The summed E-state index contributed by atoms with van der Waals surface area (Å²) >= 11 is 0. The van der Waals surface area contributed by atoms with Crippen molar-refractivity contribution in [2.75, 3.05) is 32.1 Å². The molecule has 3 rings (SSSR count). The first-order valence-corrected chi connectivity index (χ1v) is 11.1. The number of methoxy groups -OCH3 is 1. The number of benzene rings is 2. The molecule has 0 unspecified atom stereocenters. The number of nitrogens with one attached hydrogen (secondary N) is 1. The van der Waals surface area contributed by atoms with Crippen molar-refractivity contribution < 1.29 is 27.6 Å². The van der Waals surface area contributed by atoms with Crippen LogP contribution in [-0.2, 0) is 14.8 Å². The van der Waals surface area contributed by atoms with E-state index in [1.54, 1.807) is 0 Å². The molecule has 166 valence electrons. The van der Waals surface area contributed by atoms with Crippen LogP contribution < -0.4 is 14.8 Å². The van der Waals surface area contributed by atoms with Gasteiger partial charge in [-0.1, -0.05) is 12.5 Å². The maximum Gasteiger partial charge on any atom is 0.273 e. The molecular weight excluding hydrogens is 426 g/mol. The molecule has 0 aliphatic carbocycles. The first kappa shape index (κ1) is 22.5. The Morgan fingerprint density at radius 2 is 1.90 bits per heavy atom. The second-order valence-corrected chi connectivity index (χ2v) is 8.86. The van der Waals surface area contributed by atoms with E-state index in [1.807, 2.05) is 0 Å². The van der Waals surface area contributed by atoms with Crippen LogP contribution in [0.15, 0.2) is 47.4 Å². The lowest BCUT2D eigenvalue weighted by molar-refractivity contribution is -0.384. The van der Waals surface area contributed by atoms with Crippen LogP contribution in [-0.4, -0.2) is 50.4 Å². The van der Waals surface area contributed by atoms with Gasteiger partial charge in [0.15, 0.2) is 6.61 Å². The van der Waals surface area contributed by atoms with Gasteiger partial charge in [-0.05, 0) is 37.1 Å². The highest BCUT2D eigenvalue weighted by Gasteiger charge is 2.27. The fourth-order valence-corrected chi connectivity index (χ4v) is 4.77. The lowest BCUT2D eigenvalue weighted by atomic mass is 10.2. The van der Waals surface area contributed by atoms with Gasteiger partial charge in [-0.3, -0.25) is 14.9 Å². The van der Waals surface area contributed by atoms with E-state index in [-0.39, 0.29) is 22.0 Å². The SMILES string of the molecule is COc1ccc(S(=O)(=O)N2CCCCC2)cc1NC(=O)COc1cccc([N+](=O)[O-])c1. The molecule has 1 aliphatic heterocycles. The van der Waals surface area contributed by atoms with Crippen LogP contribution in [0.4, 0.5) is 11.4 Å². The van der Waals surface area contributed by atoms with Crippen molar-refractivity contribution in [1.29, 1.82) is 0 Å². The molecule has 0 radical (unpaired) electrons. The number of nitro benzene ring substituents is 1. The number of nitro groups is 1. The lowest BCUT2D eigenvalue weighted by Crippen LogP contribution is -2.35. The summed E-state index contributed by atoms with van der Waals surface area (Å²) in [7, 11) is -2.28. The highest BCUT2D eigenvalue weighted by Crippen LogP contribution is 2.30. The number of anilines is 1. The highest BCUT2D eigenvalue weighted by atomic mass is 32.2. The summed E-state index contributed by atoms with van der Waals surface area (Å²) in [5.74, 6) is -0.114. The molecule has 2 aromatic rings. The van der Waals surface area contributed by atoms with Crippen LogP contribution in [0, 0.1) is 10.1 Å². The number of hydrogen-bond donors (Lipinski definition) is 1. The number of sulfonamides is 1. The van der Waals surface area contributed by atoms with E-state index in [4.69, 9.17) is 9.47 Å². The molecule has 10 nitrogen and oxygen atoms in total. The number of carbonyl (C=O) groups is 1. The molecule has 1 heterocycles. The molecule has 1 fully saturated rings. The fraction of sp³-hybridized carbons (Fsp3) is 0.350. The first-order valence-electron chi connectivity index (χ1n) is 9.66. The maximum absolute atomic E-state index is 12.9. The number of rotatable bonds is 8. The molecule has 0 bridgehead atoms. The summed E-state index contributed by atoms with van der Waals surface area (Å²) in [4.78, 5) is 22.7. The quantitative estimate of drug-likeness (QED) is 0.485. The summed E-state index contributed by atoms with van der Waals surface area (Å²) in [5, 5.41) is 13.4. The topological polar surface area (TPSA) is 128 Å². The van der Waals surface area contributed by atoms with Crippen molar-refractivity contribution in [3.8, 4) is 11.5 Å². The smallest absolute Gasteiger partial charge is 0.273 e. The van der Waals surface area contributed by atoms with Gasteiger partial charge in [0.25, 0.3) is 11.6 Å². The van der Waals surface area contributed by atoms with Gasteiger partial charge >= 0.3 is 0 Å². The van der Waals surface area contributed by atoms with Gasteiger partial charge in [0.1, 0.15) is 11.5 Å². The second-order valence-electron chi connectivity index (χ2n) is 6.92. The van der Waals surface area contributed by atoms with E-state index in [0.717, 1.165) is 19.3 Å². The number of ether oxygens (including phenoxy) is 2. The molecule has 11 heteroatoms. The Bertz CT molecular complexity index is 1070. The third kappa shape index (κ3) is 5.50. The van der Waals surface area contributed by atoms with E-state index >= 15 is 0 Å². The molecule has 1 amide bonds. The first-order chi connectivity index (χ1) is 14.8. The molecule has 1 N–H and O–H groups in total. The fourth-order valence-electron chi connectivity index (χ4n) is 3.22. The predicted octanol–water partition coefficient (Wildman–Crippen LogP) is 2.80. The average Bonchev–Trinajstić information content (AvgIpc) is 2.78. The van der Waals surface area contributed by atoms with Crippen molar-refractivity contribution in [3.63, 3.8) is 0 Å². The minimum Gasteiger partial charge on any atom is -0.495 e. The summed E-state index contributed by atoms with van der Waals surface area (Å²) in [6, 6.07) is 9.74. The zero-order valence-corrected chi connectivity index (χ0v) is 17.8. The third-order valence-electron chi connectivity index (χ3n) is 4.80. The van der Waals surface area contributed by atoms with Crippen LogP contribution in [0.5, 0.6) is 11.5 Å². The monoisotopic (exact) mass is 449 g/mol. The Balaban J connectivity index is 1.72. The van der Waals surface area contributed by atoms with Gasteiger partial charge in [0, 0.05) is 19.2 Å². The summed E-state index contributed by atoms with van der Waals surface area (Å²) < 4.78 is 37.8. The minimum absolute atomic E-state index is 0.0603. The zero-order valence-electron chi connectivity index (χ0n) is 16.9. The molecule has 0 saturated carbocycles. The van der Waals surface area contributed by atoms with E-state index in [1.165, 1.54) is 53.9 Å². The van der Waals surface area contributed by atoms with Crippen molar-refractivity contribution >= 4 is 27.3 Å². The van der Waals surface area contributed by atoms with Gasteiger partial charge < -0.3 is 14.8 Å². The Morgan fingerprint density at radius 3 is 2.58 bits per heavy atom. The number of piperidine rings is 1. The van der Waals surface area contributed by atoms with Gasteiger partial charge in [0.05, 0.1) is 28.7 Å². The van der Waals surface area contributed by atoms with Crippen molar-refractivity contribution in [1.82, 2.24) is 4.31 Å². The zero-order chi connectivity index (χ0) is 22.4. The second kappa shape index (κ2) is 9.75. The standard InChI is InChI=1S/C20H23N3O7S/c1-29-19-9-8-17(31(27,28)22-10-3-2-4-11-22)13-18(19)21-20(24)14-30-16-7-5-6-15(12-16)23(25)26/h5-9,12-13H,2-4,10-11,14H2,1H3,(H,21,24). The maximum atomic E-state index is 12.9. The van der Waals surface area contributed by atoms with Crippen LogP contribution in [0.2, 0.25) is 0 Å². The van der Waals surface area contributed by atoms with E-state index in [0.29, 0.717) is 18.8 Å². The molecule has 0 spiro atoms. The molecule has 0 aromatic heterocycles.